The molecule has 2 fully saturated rings. The minimum atomic E-state index is -1.57. The van der Waals surface area contributed by atoms with Crippen LogP contribution in [0.5, 0.6) is 0 Å². The fourth-order valence-electron chi connectivity index (χ4n) is 6.48. The fourth-order valence-corrected chi connectivity index (χ4v) is 6.48. The molecule has 2 saturated carbocycles. The second-order valence-electron chi connectivity index (χ2n) is 10.9. The van der Waals surface area contributed by atoms with Crippen molar-refractivity contribution in [2.45, 2.75) is 110 Å². The number of carbonyl (C=O) groups is 1. The molecule has 0 spiro atoms. The predicted octanol–water partition coefficient (Wildman–Crippen LogP) is 6.25. The molecule has 0 aromatic rings. The van der Waals surface area contributed by atoms with E-state index < -0.39 is 23.7 Å². The Hall–Kier alpha value is -1.26. The number of halogens is 1. The summed E-state index contributed by atoms with van der Waals surface area (Å²) >= 11 is 0. The van der Waals surface area contributed by atoms with Gasteiger partial charge in [-0.15, -0.1) is 0 Å². The van der Waals surface area contributed by atoms with Crippen LogP contribution in [-0.4, -0.2) is 33.9 Å². The molecule has 0 saturated heterocycles. The van der Waals surface area contributed by atoms with Gasteiger partial charge in [0.2, 0.25) is 0 Å². The number of aliphatic hydroxyl groups excluding tert-OH is 1. The van der Waals surface area contributed by atoms with E-state index in [0.29, 0.717) is 23.3 Å². The summed E-state index contributed by atoms with van der Waals surface area (Å²) in [5.74, 6) is 0.958. The SMILES string of the molecule is CCC(O)(CC)CCCC(C)C1C=CC2C(=CC=C3CC(O)CC(F)C3=O)CCCC21C. The van der Waals surface area contributed by atoms with Gasteiger partial charge in [-0.05, 0) is 55.8 Å². The van der Waals surface area contributed by atoms with Crippen molar-refractivity contribution in [3.8, 4) is 0 Å². The Morgan fingerprint density at radius 3 is 2.69 bits per heavy atom. The summed E-state index contributed by atoms with van der Waals surface area (Å²) in [6, 6.07) is 0. The Bertz CT molecular complexity index is 763. The number of allylic oxidation sites excluding steroid dienone is 5. The standard InChI is InChI=1S/C28H43FO3/c1-5-28(32,6-2)16-7-9-19(3)23-13-14-24-20(10-8-15-27(23,24)4)11-12-21-17-22(30)18-25(29)26(21)31/h11-14,19,22-25,30,32H,5-10,15-18H2,1-4H3. The van der Waals surface area contributed by atoms with Crippen molar-refractivity contribution < 1.29 is 19.4 Å². The number of hydrogen-bond acceptors (Lipinski definition) is 3. The second-order valence-corrected chi connectivity index (χ2v) is 10.9. The lowest BCUT2D eigenvalue weighted by Crippen LogP contribution is -2.37. The van der Waals surface area contributed by atoms with Crippen LogP contribution in [0.15, 0.2) is 35.5 Å². The van der Waals surface area contributed by atoms with Gasteiger partial charge in [0.05, 0.1) is 11.7 Å². The van der Waals surface area contributed by atoms with Crippen molar-refractivity contribution in [1.29, 1.82) is 0 Å². The largest absolute Gasteiger partial charge is 0.393 e. The Morgan fingerprint density at radius 2 is 2.00 bits per heavy atom. The van der Waals surface area contributed by atoms with Crippen LogP contribution in [0.25, 0.3) is 0 Å². The fraction of sp³-hybridized carbons (Fsp3) is 0.750. The van der Waals surface area contributed by atoms with Gasteiger partial charge in [0.15, 0.2) is 12.0 Å². The Balaban J connectivity index is 1.68. The minimum absolute atomic E-state index is 0.0797. The molecule has 3 rings (SSSR count). The summed E-state index contributed by atoms with van der Waals surface area (Å²) in [5.41, 5.74) is 1.40. The van der Waals surface area contributed by atoms with Gasteiger partial charge < -0.3 is 10.2 Å². The van der Waals surface area contributed by atoms with E-state index in [2.05, 4.69) is 39.8 Å². The second kappa shape index (κ2) is 10.3. The van der Waals surface area contributed by atoms with Crippen LogP contribution < -0.4 is 0 Å². The molecule has 180 valence electrons. The lowest BCUT2D eigenvalue weighted by molar-refractivity contribution is -0.123. The van der Waals surface area contributed by atoms with Crippen LogP contribution in [-0.2, 0) is 4.79 Å². The van der Waals surface area contributed by atoms with Crippen molar-refractivity contribution in [3.63, 3.8) is 0 Å². The predicted molar refractivity (Wildman–Crippen MR) is 128 cm³/mol. The molecule has 6 atom stereocenters. The molecular weight excluding hydrogens is 403 g/mol. The molecule has 0 aliphatic heterocycles. The highest BCUT2D eigenvalue weighted by Crippen LogP contribution is 2.56. The molecule has 0 aromatic carbocycles. The Kier molecular flexibility index (Phi) is 8.20. The van der Waals surface area contributed by atoms with Crippen LogP contribution >= 0.6 is 0 Å². The number of Topliss-reactive ketones (excluding diaryl/α,β-unsaturated/α-hetero) is 1. The summed E-state index contributed by atoms with van der Waals surface area (Å²) < 4.78 is 13.9. The summed E-state index contributed by atoms with van der Waals surface area (Å²) in [6.07, 6.45) is 14.4. The number of fused-ring (bicyclic) bond motifs is 1. The van der Waals surface area contributed by atoms with Gasteiger partial charge in [-0.25, -0.2) is 4.39 Å². The molecule has 32 heavy (non-hydrogen) atoms. The first kappa shape index (κ1) is 25.4. The van der Waals surface area contributed by atoms with Crippen LogP contribution in [0, 0.1) is 23.2 Å². The topological polar surface area (TPSA) is 57.5 Å². The minimum Gasteiger partial charge on any atom is -0.393 e. The first-order chi connectivity index (χ1) is 15.1. The Labute approximate surface area is 193 Å². The molecule has 3 aliphatic carbocycles. The number of ketones is 1. The third kappa shape index (κ3) is 5.28. The van der Waals surface area contributed by atoms with Crippen molar-refractivity contribution in [3.05, 3.63) is 35.5 Å². The molecule has 0 bridgehead atoms. The lowest BCUT2D eigenvalue weighted by Gasteiger charge is -2.44. The average Bonchev–Trinajstić information content (AvgIpc) is 3.12. The molecule has 0 aromatic heterocycles. The lowest BCUT2D eigenvalue weighted by atomic mass is 9.60. The van der Waals surface area contributed by atoms with E-state index >= 15 is 0 Å². The number of hydrogen-bond donors (Lipinski definition) is 2. The first-order valence-corrected chi connectivity index (χ1v) is 12.8. The van der Waals surface area contributed by atoms with Crippen molar-refractivity contribution in [2.24, 2.45) is 23.2 Å². The third-order valence-electron chi connectivity index (χ3n) is 8.83. The monoisotopic (exact) mass is 446 g/mol. The molecular formula is C28H43FO3. The van der Waals surface area contributed by atoms with Gasteiger partial charge in [-0.2, -0.15) is 0 Å². The zero-order chi connectivity index (χ0) is 23.5. The molecule has 0 radical (unpaired) electrons. The first-order valence-electron chi connectivity index (χ1n) is 12.8. The quantitative estimate of drug-likeness (QED) is 0.342. The maximum Gasteiger partial charge on any atom is 0.193 e. The number of alkyl halides is 1. The third-order valence-corrected chi connectivity index (χ3v) is 8.83. The molecule has 0 heterocycles. The van der Waals surface area contributed by atoms with E-state index in [1.807, 2.05) is 6.08 Å². The van der Waals surface area contributed by atoms with Gasteiger partial charge in [-0.3, -0.25) is 4.79 Å². The number of carbonyl (C=O) groups excluding carboxylic acids is 1. The van der Waals surface area contributed by atoms with Gasteiger partial charge in [0.1, 0.15) is 0 Å². The highest BCUT2D eigenvalue weighted by Gasteiger charge is 2.47. The van der Waals surface area contributed by atoms with Gasteiger partial charge in [0, 0.05) is 24.3 Å². The number of aliphatic hydroxyl groups is 2. The summed E-state index contributed by atoms with van der Waals surface area (Å²) in [5, 5.41) is 20.5. The van der Waals surface area contributed by atoms with E-state index in [1.165, 1.54) is 12.0 Å². The molecule has 6 unspecified atom stereocenters. The Morgan fingerprint density at radius 1 is 1.28 bits per heavy atom. The maximum atomic E-state index is 13.9. The summed E-state index contributed by atoms with van der Waals surface area (Å²) in [7, 11) is 0. The summed E-state index contributed by atoms with van der Waals surface area (Å²) in [4.78, 5) is 12.2. The van der Waals surface area contributed by atoms with Gasteiger partial charge in [0.25, 0.3) is 0 Å². The molecule has 2 N–H and O–H groups in total. The smallest absolute Gasteiger partial charge is 0.193 e. The number of rotatable bonds is 8. The van der Waals surface area contributed by atoms with E-state index in [4.69, 9.17) is 0 Å². The molecule has 3 nitrogen and oxygen atoms in total. The molecule has 4 heteroatoms. The van der Waals surface area contributed by atoms with Crippen LogP contribution in [0.2, 0.25) is 0 Å². The highest BCUT2D eigenvalue weighted by molar-refractivity contribution is 5.99. The van der Waals surface area contributed by atoms with E-state index in [0.717, 1.165) is 44.9 Å². The summed E-state index contributed by atoms with van der Waals surface area (Å²) in [6.45, 7) is 8.89. The maximum absolute atomic E-state index is 13.9. The zero-order valence-corrected chi connectivity index (χ0v) is 20.4. The van der Waals surface area contributed by atoms with Crippen LogP contribution in [0.4, 0.5) is 4.39 Å². The van der Waals surface area contributed by atoms with Crippen LogP contribution in [0.1, 0.15) is 91.9 Å². The average molecular weight is 447 g/mol. The molecule has 0 amide bonds. The van der Waals surface area contributed by atoms with E-state index in [1.54, 1.807) is 6.08 Å². The van der Waals surface area contributed by atoms with Crippen LogP contribution in [0.3, 0.4) is 0 Å². The van der Waals surface area contributed by atoms with Gasteiger partial charge in [-0.1, -0.05) is 70.4 Å². The van der Waals surface area contributed by atoms with E-state index in [-0.39, 0.29) is 18.3 Å². The zero-order valence-electron chi connectivity index (χ0n) is 20.4. The van der Waals surface area contributed by atoms with Crippen molar-refractivity contribution in [1.82, 2.24) is 0 Å². The van der Waals surface area contributed by atoms with Gasteiger partial charge >= 0.3 is 0 Å². The van der Waals surface area contributed by atoms with E-state index in [9.17, 15) is 19.4 Å². The highest BCUT2D eigenvalue weighted by atomic mass is 19.1. The van der Waals surface area contributed by atoms with Crippen molar-refractivity contribution >= 4 is 5.78 Å². The normalized spacial score (nSPS) is 36.7. The molecule has 3 aliphatic rings. The van der Waals surface area contributed by atoms with Crippen molar-refractivity contribution in [2.75, 3.05) is 0 Å².